The van der Waals surface area contributed by atoms with Crippen molar-refractivity contribution in [1.82, 2.24) is 14.5 Å². The Hall–Kier alpha value is -2.67. The van der Waals surface area contributed by atoms with Crippen LogP contribution in [0.25, 0.3) is 17.0 Å². The van der Waals surface area contributed by atoms with E-state index >= 15 is 0 Å². The van der Waals surface area contributed by atoms with Gasteiger partial charge in [-0.2, -0.15) is 5.26 Å². The first-order chi connectivity index (χ1) is 20.0. The van der Waals surface area contributed by atoms with Crippen LogP contribution in [0.4, 0.5) is 4.79 Å². The summed E-state index contributed by atoms with van der Waals surface area (Å²) in [5.41, 5.74) is 4.51. The van der Waals surface area contributed by atoms with Crippen LogP contribution in [0.3, 0.4) is 0 Å². The van der Waals surface area contributed by atoms with Crippen molar-refractivity contribution < 1.29 is 14.0 Å². The summed E-state index contributed by atoms with van der Waals surface area (Å²) in [5.74, 6) is 0. The number of carbonyl (C=O) groups is 1. The van der Waals surface area contributed by atoms with Gasteiger partial charge in [0.05, 0.1) is 35.7 Å². The Labute approximate surface area is 267 Å². The SMILES string of the molecule is CC(C)[Si](OCCc1[nH]cnc1C(C)(C)/C=C\c1c(CC#N)c2ccc(Br)cc2n1C(=O)OC(C)(C)C)(C(C)C)C(C)C. The number of H-pyrrole nitrogens is 1. The molecule has 0 radical (unpaired) electrons. The third-order valence-electron chi connectivity index (χ3n) is 8.31. The van der Waals surface area contributed by atoms with Crippen LogP contribution in [0.5, 0.6) is 0 Å². The van der Waals surface area contributed by atoms with Gasteiger partial charge in [-0.05, 0) is 61.2 Å². The number of nitriles is 1. The Morgan fingerprint density at radius 2 is 1.74 bits per heavy atom. The van der Waals surface area contributed by atoms with E-state index in [9.17, 15) is 10.1 Å². The molecule has 1 aromatic carbocycles. The monoisotopic (exact) mass is 668 g/mol. The summed E-state index contributed by atoms with van der Waals surface area (Å²) in [4.78, 5) is 21.6. The van der Waals surface area contributed by atoms with Crippen molar-refractivity contribution in [3.8, 4) is 6.07 Å². The van der Waals surface area contributed by atoms with Gasteiger partial charge in [0.15, 0.2) is 8.32 Å². The molecule has 1 N–H and O–H groups in total. The summed E-state index contributed by atoms with van der Waals surface area (Å²) in [5, 5.41) is 10.6. The Bertz CT molecular complexity index is 1480. The molecular weight excluding hydrogens is 620 g/mol. The predicted molar refractivity (Wildman–Crippen MR) is 182 cm³/mol. The molecule has 0 fully saturated rings. The molecule has 0 unspecified atom stereocenters. The van der Waals surface area contributed by atoms with Gasteiger partial charge in [-0.3, -0.25) is 0 Å². The van der Waals surface area contributed by atoms with Gasteiger partial charge in [-0.25, -0.2) is 14.3 Å². The average Bonchev–Trinajstić information content (AvgIpc) is 3.47. The van der Waals surface area contributed by atoms with E-state index in [-0.39, 0.29) is 6.42 Å². The summed E-state index contributed by atoms with van der Waals surface area (Å²) in [6, 6.07) is 8.04. The molecule has 0 saturated heterocycles. The summed E-state index contributed by atoms with van der Waals surface area (Å²) < 4.78 is 15.1. The quantitative estimate of drug-likeness (QED) is 0.205. The van der Waals surface area contributed by atoms with Crippen molar-refractivity contribution in [3.05, 3.63) is 57.7 Å². The lowest BCUT2D eigenvalue weighted by molar-refractivity contribution is 0.0543. The van der Waals surface area contributed by atoms with Gasteiger partial charge in [0.2, 0.25) is 0 Å². The van der Waals surface area contributed by atoms with Gasteiger partial charge in [-0.15, -0.1) is 0 Å². The number of nitrogens with zero attached hydrogens (tertiary/aromatic N) is 3. The lowest BCUT2D eigenvalue weighted by atomic mass is 9.86. The maximum absolute atomic E-state index is 13.6. The molecule has 0 saturated carbocycles. The van der Waals surface area contributed by atoms with Gasteiger partial charge >= 0.3 is 6.09 Å². The molecule has 0 bridgehead atoms. The zero-order valence-corrected chi connectivity index (χ0v) is 30.3. The minimum absolute atomic E-state index is 0.159. The number of aromatic amines is 1. The number of aromatic nitrogens is 3. The molecule has 234 valence electrons. The van der Waals surface area contributed by atoms with Crippen LogP contribution in [-0.4, -0.2) is 41.2 Å². The molecule has 3 aromatic rings. The third-order valence-corrected chi connectivity index (χ3v) is 14.9. The van der Waals surface area contributed by atoms with Crippen LogP contribution in [0, 0.1) is 11.3 Å². The molecule has 2 heterocycles. The van der Waals surface area contributed by atoms with Crippen molar-refractivity contribution in [3.63, 3.8) is 0 Å². The molecule has 0 aliphatic rings. The van der Waals surface area contributed by atoms with Gasteiger partial charge in [0, 0.05) is 34.0 Å². The van der Waals surface area contributed by atoms with Crippen LogP contribution < -0.4 is 0 Å². The molecule has 3 rings (SSSR count). The zero-order chi connectivity index (χ0) is 32.3. The number of carbonyl (C=O) groups excluding carboxylic acids is 1. The van der Waals surface area contributed by atoms with Crippen LogP contribution >= 0.6 is 15.9 Å². The first-order valence-corrected chi connectivity index (χ1v) is 18.2. The van der Waals surface area contributed by atoms with Crippen molar-refractivity contribution >= 4 is 47.3 Å². The fourth-order valence-electron chi connectivity index (χ4n) is 6.55. The molecule has 43 heavy (non-hydrogen) atoms. The van der Waals surface area contributed by atoms with E-state index in [1.165, 1.54) is 0 Å². The minimum Gasteiger partial charge on any atom is -0.443 e. The molecule has 0 atom stereocenters. The molecule has 7 nitrogen and oxygen atoms in total. The van der Waals surface area contributed by atoms with E-state index in [2.05, 4.69) is 88.4 Å². The molecule has 0 aliphatic carbocycles. The number of nitrogens with one attached hydrogen (secondary N) is 1. The van der Waals surface area contributed by atoms with E-state index in [1.54, 1.807) is 10.9 Å². The number of fused-ring (bicyclic) bond motifs is 1. The van der Waals surface area contributed by atoms with E-state index in [0.29, 0.717) is 34.4 Å². The number of hydrogen-bond acceptors (Lipinski definition) is 5. The summed E-state index contributed by atoms with van der Waals surface area (Å²) in [7, 11) is -1.98. The van der Waals surface area contributed by atoms with Crippen LogP contribution in [0.2, 0.25) is 16.6 Å². The van der Waals surface area contributed by atoms with Crippen molar-refractivity contribution in [2.75, 3.05) is 6.61 Å². The number of rotatable bonds is 11. The second-order valence-corrected chi connectivity index (χ2v) is 20.3. The third kappa shape index (κ3) is 7.53. The topological polar surface area (TPSA) is 92.9 Å². The molecule has 0 amide bonds. The Morgan fingerprint density at radius 1 is 1.12 bits per heavy atom. The van der Waals surface area contributed by atoms with Gasteiger partial charge in [0.1, 0.15) is 5.60 Å². The first-order valence-electron chi connectivity index (χ1n) is 15.2. The van der Waals surface area contributed by atoms with E-state index in [0.717, 1.165) is 33.2 Å². The molecule has 0 aliphatic heterocycles. The zero-order valence-electron chi connectivity index (χ0n) is 27.8. The minimum atomic E-state index is -1.98. The van der Waals surface area contributed by atoms with Crippen molar-refractivity contribution in [1.29, 1.82) is 5.26 Å². The Kier molecular flexibility index (Phi) is 11.0. The number of hydrogen-bond donors (Lipinski definition) is 1. The summed E-state index contributed by atoms with van der Waals surface area (Å²) in [6.45, 7) is 24.2. The summed E-state index contributed by atoms with van der Waals surface area (Å²) in [6.07, 6.45) is 6.16. The average molecular weight is 670 g/mol. The fraction of sp³-hybridized carbons (Fsp3) is 0.559. The first kappa shape index (κ1) is 34.8. The van der Waals surface area contributed by atoms with Gasteiger partial charge in [-0.1, -0.05) is 83.5 Å². The number of halogens is 1. The predicted octanol–water partition coefficient (Wildman–Crippen LogP) is 9.70. The van der Waals surface area contributed by atoms with Gasteiger partial charge < -0.3 is 14.1 Å². The highest BCUT2D eigenvalue weighted by molar-refractivity contribution is 9.10. The highest BCUT2D eigenvalue weighted by atomic mass is 79.9. The second-order valence-electron chi connectivity index (χ2n) is 13.9. The van der Waals surface area contributed by atoms with Crippen molar-refractivity contribution in [2.24, 2.45) is 0 Å². The molecular formula is C34H49BrN4O3Si. The van der Waals surface area contributed by atoms with Crippen LogP contribution in [0.1, 0.15) is 98.8 Å². The summed E-state index contributed by atoms with van der Waals surface area (Å²) >= 11 is 3.54. The fourth-order valence-corrected chi connectivity index (χ4v) is 12.4. The van der Waals surface area contributed by atoms with Gasteiger partial charge in [0.25, 0.3) is 0 Å². The lowest BCUT2D eigenvalue weighted by Gasteiger charge is -2.42. The normalized spacial score (nSPS) is 13.2. The number of allylic oxidation sites excluding steroid dienone is 1. The maximum atomic E-state index is 13.6. The maximum Gasteiger partial charge on any atom is 0.419 e. The second kappa shape index (κ2) is 13.5. The Morgan fingerprint density at radius 3 is 2.30 bits per heavy atom. The lowest BCUT2D eigenvalue weighted by Crippen LogP contribution is -2.48. The molecule has 2 aromatic heterocycles. The van der Waals surface area contributed by atoms with E-state index < -0.39 is 25.4 Å². The highest BCUT2D eigenvalue weighted by Gasteiger charge is 2.45. The highest BCUT2D eigenvalue weighted by Crippen LogP contribution is 2.42. The largest absolute Gasteiger partial charge is 0.443 e. The van der Waals surface area contributed by atoms with Crippen LogP contribution in [-0.2, 0) is 27.4 Å². The number of benzene rings is 1. The molecule has 9 heteroatoms. The number of ether oxygens (including phenoxy) is 1. The smallest absolute Gasteiger partial charge is 0.419 e. The standard InChI is InChI=1S/C34H49BrN4O3Si/c1-22(2)43(23(3)4,24(5)6)41-19-16-28-31(38-21-37-28)34(10,11)17-14-29-27(15-18-36)26-13-12-25(35)20-30(26)39(29)32(40)42-33(7,8)9/h12-14,17,20-24H,15-16,19H2,1-11H3,(H,37,38)/b17-14-. The van der Waals surface area contributed by atoms with Crippen LogP contribution in [0.15, 0.2) is 35.1 Å². The Balaban J connectivity index is 2.01. The van der Waals surface area contributed by atoms with Crippen molar-refractivity contribution in [2.45, 2.75) is 117 Å². The van der Waals surface area contributed by atoms with E-state index in [1.807, 2.05) is 45.0 Å². The van der Waals surface area contributed by atoms with E-state index in [4.69, 9.17) is 14.1 Å². The number of imidazole rings is 1. The molecule has 0 spiro atoms.